The summed E-state index contributed by atoms with van der Waals surface area (Å²) < 4.78 is 0. The van der Waals surface area contributed by atoms with Gasteiger partial charge in [-0.1, -0.05) is 34.6 Å². The summed E-state index contributed by atoms with van der Waals surface area (Å²) in [4.78, 5) is 22.6. The largest absolute Gasteiger partial charge is 0.299 e. The quantitative estimate of drug-likeness (QED) is 0.629. The molecular formula is C11H20O2. The van der Waals surface area contributed by atoms with E-state index >= 15 is 0 Å². The van der Waals surface area contributed by atoms with Gasteiger partial charge < -0.3 is 0 Å². The second-order valence-corrected chi connectivity index (χ2v) is 4.62. The van der Waals surface area contributed by atoms with Crippen LogP contribution in [0.25, 0.3) is 0 Å². The van der Waals surface area contributed by atoms with E-state index in [9.17, 15) is 9.59 Å². The molecule has 2 heteroatoms. The zero-order chi connectivity index (χ0) is 10.6. The van der Waals surface area contributed by atoms with E-state index in [0.29, 0.717) is 6.42 Å². The predicted octanol–water partition coefficient (Wildman–Crippen LogP) is 2.61. The Balaban J connectivity index is 4.20. The lowest BCUT2D eigenvalue weighted by molar-refractivity contribution is -0.130. The fraction of sp³-hybridized carbons (Fsp3) is 0.818. The molecule has 1 unspecified atom stereocenters. The molecule has 0 rings (SSSR count). The summed E-state index contributed by atoms with van der Waals surface area (Å²) in [5.74, 6) is 0.0726. The van der Waals surface area contributed by atoms with Crippen molar-refractivity contribution < 1.29 is 9.59 Å². The summed E-state index contributed by atoms with van der Waals surface area (Å²) in [5.41, 5.74) is -0.0366. The van der Waals surface area contributed by atoms with Crippen LogP contribution in [0, 0.1) is 11.3 Å². The SMILES string of the molecule is CCC(=O)CC(=O)C(C)C(C)(C)C. The molecule has 13 heavy (non-hydrogen) atoms. The summed E-state index contributed by atoms with van der Waals surface area (Å²) in [7, 11) is 0. The minimum absolute atomic E-state index is 0.0366. The molecule has 0 radical (unpaired) electrons. The van der Waals surface area contributed by atoms with Crippen LogP contribution in [-0.4, -0.2) is 11.6 Å². The summed E-state index contributed by atoms with van der Waals surface area (Å²) >= 11 is 0. The smallest absolute Gasteiger partial charge is 0.143 e. The topological polar surface area (TPSA) is 34.1 Å². The van der Waals surface area contributed by atoms with Crippen molar-refractivity contribution >= 4 is 11.6 Å². The highest BCUT2D eigenvalue weighted by atomic mass is 16.1. The van der Waals surface area contributed by atoms with Crippen molar-refractivity contribution in [2.24, 2.45) is 11.3 Å². The van der Waals surface area contributed by atoms with E-state index in [-0.39, 0.29) is 29.3 Å². The molecule has 0 aromatic rings. The average Bonchev–Trinajstić information content (AvgIpc) is 2.01. The summed E-state index contributed by atoms with van der Waals surface area (Å²) in [6.07, 6.45) is 0.567. The molecule has 0 heterocycles. The minimum atomic E-state index is -0.0389. The predicted molar refractivity (Wildman–Crippen MR) is 53.5 cm³/mol. The second-order valence-electron chi connectivity index (χ2n) is 4.62. The zero-order valence-electron chi connectivity index (χ0n) is 9.31. The molecule has 0 aromatic carbocycles. The van der Waals surface area contributed by atoms with Crippen LogP contribution in [0.5, 0.6) is 0 Å². The first kappa shape index (κ1) is 12.3. The van der Waals surface area contributed by atoms with Gasteiger partial charge in [0.1, 0.15) is 11.6 Å². The highest BCUT2D eigenvalue weighted by Gasteiger charge is 2.27. The highest BCUT2D eigenvalue weighted by Crippen LogP contribution is 2.26. The summed E-state index contributed by atoms with van der Waals surface area (Å²) in [6.45, 7) is 9.74. The number of Topliss-reactive ketones (excluding diaryl/α,β-unsaturated/α-hetero) is 2. The molecule has 1 atom stereocenters. The molecule has 0 N–H and O–H groups in total. The lowest BCUT2D eigenvalue weighted by atomic mass is 9.78. The van der Waals surface area contributed by atoms with Crippen molar-refractivity contribution in [3.8, 4) is 0 Å². The molecular weight excluding hydrogens is 164 g/mol. The summed E-state index contributed by atoms with van der Waals surface area (Å²) in [5, 5.41) is 0. The van der Waals surface area contributed by atoms with Gasteiger partial charge in [-0.2, -0.15) is 0 Å². The van der Waals surface area contributed by atoms with Gasteiger partial charge in [0.2, 0.25) is 0 Å². The van der Waals surface area contributed by atoms with Crippen LogP contribution in [0.4, 0.5) is 0 Å². The van der Waals surface area contributed by atoms with Gasteiger partial charge in [0.05, 0.1) is 6.42 Å². The molecule has 0 saturated carbocycles. The lowest BCUT2D eigenvalue weighted by Crippen LogP contribution is -2.27. The van der Waals surface area contributed by atoms with Crippen LogP contribution >= 0.6 is 0 Å². The van der Waals surface area contributed by atoms with Gasteiger partial charge in [-0.05, 0) is 5.41 Å². The van der Waals surface area contributed by atoms with Gasteiger partial charge in [-0.25, -0.2) is 0 Å². The van der Waals surface area contributed by atoms with Crippen molar-refractivity contribution in [3.63, 3.8) is 0 Å². The Labute approximate surface area is 80.7 Å². The van der Waals surface area contributed by atoms with Gasteiger partial charge in [0.15, 0.2) is 0 Å². The lowest BCUT2D eigenvalue weighted by Gasteiger charge is -2.25. The maximum Gasteiger partial charge on any atom is 0.143 e. The Kier molecular flexibility index (Phi) is 4.31. The normalized spacial score (nSPS) is 13.9. The van der Waals surface area contributed by atoms with E-state index in [1.807, 2.05) is 27.7 Å². The number of ketones is 2. The van der Waals surface area contributed by atoms with Crippen molar-refractivity contribution in [1.29, 1.82) is 0 Å². The fourth-order valence-corrected chi connectivity index (χ4v) is 0.955. The third-order valence-corrected chi connectivity index (χ3v) is 2.55. The third kappa shape index (κ3) is 4.20. The van der Waals surface area contributed by atoms with Gasteiger partial charge >= 0.3 is 0 Å². The molecule has 0 spiro atoms. The second kappa shape index (κ2) is 4.54. The molecule has 0 fully saturated rings. The standard InChI is InChI=1S/C11H20O2/c1-6-9(12)7-10(13)8(2)11(3,4)5/h8H,6-7H2,1-5H3. The van der Waals surface area contributed by atoms with E-state index in [1.165, 1.54) is 0 Å². The first-order valence-electron chi connectivity index (χ1n) is 4.83. The monoisotopic (exact) mass is 184 g/mol. The molecule has 0 aliphatic carbocycles. The van der Waals surface area contributed by atoms with Crippen molar-refractivity contribution in [1.82, 2.24) is 0 Å². The molecule has 0 amide bonds. The molecule has 0 saturated heterocycles. The maximum absolute atomic E-state index is 11.5. The third-order valence-electron chi connectivity index (χ3n) is 2.55. The van der Waals surface area contributed by atoms with Crippen LogP contribution in [0.3, 0.4) is 0 Å². The molecule has 0 aliphatic heterocycles. The van der Waals surface area contributed by atoms with Crippen molar-refractivity contribution in [2.45, 2.75) is 47.5 Å². The molecule has 2 nitrogen and oxygen atoms in total. The number of hydrogen-bond donors (Lipinski definition) is 0. The Bertz CT molecular complexity index is 199. The fourth-order valence-electron chi connectivity index (χ4n) is 0.955. The van der Waals surface area contributed by atoms with E-state index in [4.69, 9.17) is 0 Å². The van der Waals surface area contributed by atoms with Gasteiger partial charge in [-0.3, -0.25) is 9.59 Å². The first-order valence-corrected chi connectivity index (χ1v) is 4.83. The average molecular weight is 184 g/mol. The van der Waals surface area contributed by atoms with Gasteiger partial charge in [0, 0.05) is 12.3 Å². The number of carbonyl (C=O) groups excluding carboxylic acids is 2. The van der Waals surface area contributed by atoms with Gasteiger partial charge in [-0.15, -0.1) is 0 Å². The molecule has 0 bridgehead atoms. The number of rotatable bonds is 4. The Morgan fingerprint density at radius 3 is 2.00 bits per heavy atom. The molecule has 0 aromatic heterocycles. The minimum Gasteiger partial charge on any atom is -0.299 e. The van der Waals surface area contributed by atoms with Crippen LogP contribution < -0.4 is 0 Å². The van der Waals surface area contributed by atoms with Crippen molar-refractivity contribution in [2.75, 3.05) is 0 Å². The van der Waals surface area contributed by atoms with Crippen LogP contribution in [0.2, 0.25) is 0 Å². The summed E-state index contributed by atoms with van der Waals surface area (Å²) in [6, 6.07) is 0. The van der Waals surface area contributed by atoms with E-state index in [1.54, 1.807) is 6.92 Å². The number of hydrogen-bond acceptors (Lipinski definition) is 2. The van der Waals surface area contributed by atoms with Crippen LogP contribution in [0.1, 0.15) is 47.5 Å². The van der Waals surface area contributed by atoms with Crippen molar-refractivity contribution in [3.05, 3.63) is 0 Å². The number of carbonyl (C=O) groups is 2. The zero-order valence-corrected chi connectivity index (χ0v) is 9.31. The Morgan fingerprint density at radius 2 is 1.69 bits per heavy atom. The van der Waals surface area contributed by atoms with Crippen LogP contribution in [0.15, 0.2) is 0 Å². The maximum atomic E-state index is 11.5. The highest BCUT2D eigenvalue weighted by molar-refractivity contribution is 6.00. The van der Waals surface area contributed by atoms with E-state index in [0.717, 1.165) is 0 Å². The van der Waals surface area contributed by atoms with E-state index < -0.39 is 0 Å². The van der Waals surface area contributed by atoms with Gasteiger partial charge in [0.25, 0.3) is 0 Å². The molecule has 0 aliphatic rings. The first-order chi connectivity index (χ1) is 5.79. The Hall–Kier alpha value is -0.660. The Morgan fingerprint density at radius 1 is 1.23 bits per heavy atom. The van der Waals surface area contributed by atoms with Crippen LogP contribution in [-0.2, 0) is 9.59 Å². The van der Waals surface area contributed by atoms with E-state index in [2.05, 4.69) is 0 Å². The molecule has 76 valence electrons.